The molecule has 7 heteroatoms. The van der Waals surface area contributed by atoms with Gasteiger partial charge in [-0.15, -0.1) is 0 Å². The monoisotopic (exact) mass is 433 g/mol. The molecule has 0 unspecified atom stereocenters. The van der Waals surface area contributed by atoms with Gasteiger partial charge in [-0.05, 0) is 56.6 Å². The first-order chi connectivity index (χ1) is 13.7. The average molecular weight is 434 g/mol. The molecule has 1 heterocycles. The lowest BCUT2D eigenvalue weighted by atomic mass is 10.0. The largest absolute Gasteiger partial charge is 0.497 e. The fraction of sp³-hybridized carbons (Fsp3) is 0.565. The second-order valence-corrected chi connectivity index (χ2v) is 14.9. The van der Waals surface area contributed by atoms with Gasteiger partial charge in [-0.1, -0.05) is 39.0 Å². The first-order valence-corrected chi connectivity index (χ1v) is 13.1. The van der Waals surface area contributed by atoms with Gasteiger partial charge in [-0.3, -0.25) is 4.79 Å². The first kappa shape index (κ1) is 24.1. The third-order valence-corrected chi connectivity index (χ3v) is 10.00. The molecule has 1 aromatic carbocycles. The molecule has 0 fully saturated rings. The Morgan fingerprint density at radius 3 is 2.10 bits per heavy atom. The van der Waals surface area contributed by atoms with Crippen molar-refractivity contribution in [3.05, 3.63) is 42.0 Å². The number of carbonyl (C=O) groups excluding carboxylic acids is 2. The van der Waals surface area contributed by atoms with Crippen molar-refractivity contribution in [1.29, 1.82) is 0 Å². The maximum Gasteiger partial charge on any atom is 0.417 e. The highest BCUT2D eigenvalue weighted by atomic mass is 28.4. The van der Waals surface area contributed by atoms with Crippen LogP contribution < -0.4 is 4.74 Å². The molecule has 0 N–H and O–H groups in total. The number of imide groups is 1. The second kappa shape index (κ2) is 8.55. The molecule has 0 saturated carbocycles. The molecular formula is C23H35NO5Si. The van der Waals surface area contributed by atoms with Crippen LogP contribution in [0.25, 0.3) is 0 Å². The molecule has 30 heavy (non-hydrogen) atoms. The van der Waals surface area contributed by atoms with Gasteiger partial charge in [0.05, 0.1) is 19.3 Å². The van der Waals surface area contributed by atoms with Crippen molar-refractivity contribution in [3.63, 3.8) is 0 Å². The van der Waals surface area contributed by atoms with Gasteiger partial charge in [-0.2, -0.15) is 0 Å². The maximum atomic E-state index is 12.9. The predicted molar refractivity (Wildman–Crippen MR) is 120 cm³/mol. The van der Waals surface area contributed by atoms with Crippen LogP contribution in [0, 0.1) is 0 Å². The molecule has 0 bridgehead atoms. The highest BCUT2D eigenvalue weighted by Crippen LogP contribution is 2.42. The third-order valence-electron chi connectivity index (χ3n) is 5.54. The van der Waals surface area contributed by atoms with Crippen LogP contribution in [0.15, 0.2) is 36.4 Å². The van der Waals surface area contributed by atoms with Gasteiger partial charge in [-0.25, -0.2) is 9.69 Å². The third kappa shape index (κ3) is 5.52. The molecule has 1 aliphatic heterocycles. The Balaban J connectivity index is 2.47. The van der Waals surface area contributed by atoms with E-state index in [1.165, 1.54) is 6.08 Å². The van der Waals surface area contributed by atoms with Crippen molar-refractivity contribution in [2.24, 2.45) is 0 Å². The van der Waals surface area contributed by atoms with E-state index in [2.05, 4.69) is 33.9 Å². The lowest BCUT2D eigenvalue weighted by Gasteiger charge is -2.42. The second-order valence-electron chi connectivity index (χ2n) is 10.1. The summed E-state index contributed by atoms with van der Waals surface area (Å²) in [5.41, 5.74) is 0.166. The van der Waals surface area contributed by atoms with Crippen LogP contribution in [0.2, 0.25) is 18.1 Å². The van der Waals surface area contributed by atoms with Crippen molar-refractivity contribution in [2.45, 2.75) is 77.4 Å². The van der Waals surface area contributed by atoms with E-state index >= 15 is 0 Å². The fourth-order valence-electron chi connectivity index (χ4n) is 2.88. The van der Waals surface area contributed by atoms with Crippen LogP contribution in [0.3, 0.4) is 0 Å². The molecule has 0 aliphatic carbocycles. The number of hydrogen-bond acceptors (Lipinski definition) is 5. The SMILES string of the molecule is COc1ccc([C@@H](O[Si](C)(C)C(C)(C)C)[C@@H]2C=CC(=O)N2C(=O)OC(C)(C)C)cc1. The van der Waals surface area contributed by atoms with Crippen LogP contribution >= 0.6 is 0 Å². The number of nitrogens with zero attached hydrogens (tertiary/aromatic N) is 1. The summed E-state index contributed by atoms with van der Waals surface area (Å²) in [7, 11) is -0.616. The van der Waals surface area contributed by atoms with Gasteiger partial charge in [0.25, 0.3) is 5.91 Å². The number of ether oxygens (including phenoxy) is 2. The van der Waals surface area contributed by atoms with Crippen molar-refractivity contribution in [2.75, 3.05) is 7.11 Å². The summed E-state index contributed by atoms with van der Waals surface area (Å²) in [6.07, 6.45) is 1.97. The summed E-state index contributed by atoms with van der Waals surface area (Å²) in [6, 6.07) is 6.96. The van der Waals surface area contributed by atoms with Gasteiger partial charge >= 0.3 is 6.09 Å². The lowest BCUT2D eigenvalue weighted by Crippen LogP contribution is -2.49. The van der Waals surface area contributed by atoms with Crippen LogP contribution in [0.4, 0.5) is 4.79 Å². The van der Waals surface area contributed by atoms with Crippen LogP contribution in [0.1, 0.15) is 53.2 Å². The minimum absolute atomic E-state index is 0.0409. The first-order valence-electron chi connectivity index (χ1n) is 10.2. The molecule has 2 amide bonds. The number of methoxy groups -OCH3 is 1. The number of hydrogen-bond donors (Lipinski definition) is 0. The van der Waals surface area contributed by atoms with Crippen molar-refractivity contribution >= 4 is 20.3 Å². The van der Waals surface area contributed by atoms with Crippen LogP contribution in [-0.2, 0) is 14.0 Å². The Hall–Kier alpha value is -2.12. The summed E-state index contributed by atoms with van der Waals surface area (Å²) in [5, 5.41) is -0.0409. The number of rotatable bonds is 5. The summed E-state index contributed by atoms with van der Waals surface area (Å²) in [4.78, 5) is 26.6. The molecule has 1 aliphatic rings. The maximum absolute atomic E-state index is 12.9. The van der Waals surface area contributed by atoms with E-state index in [0.29, 0.717) is 0 Å². The Morgan fingerprint density at radius 1 is 1.07 bits per heavy atom. The zero-order valence-corrected chi connectivity index (χ0v) is 20.6. The Bertz CT molecular complexity index is 802. The number of benzene rings is 1. The minimum atomic E-state index is -2.23. The van der Waals surface area contributed by atoms with E-state index in [1.807, 2.05) is 24.3 Å². The Kier molecular flexibility index (Phi) is 6.88. The van der Waals surface area contributed by atoms with Crippen LogP contribution in [0.5, 0.6) is 5.75 Å². The topological polar surface area (TPSA) is 65.1 Å². The van der Waals surface area contributed by atoms with Crippen LogP contribution in [-0.4, -0.2) is 44.0 Å². The summed E-state index contributed by atoms with van der Waals surface area (Å²) in [6.45, 7) is 16.1. The van der Waals surface area contributed by atoms with E-state index in [9.17, 15) is 9.59 Å². The molecule has 166 valence electrons. The molecule has 0 aromatic heterocycles. The van der Waals surface area contributed by atoms with Gasteiger partial charge in [0, 0.05) is 6.08 Å². The van der Waals surface area contributed by atoms with E-state index in [-0.39, 0.29) is 5.04 Å². The standard InChI is InChI=1S/C23H35NO5Si/c1-22(2,3)28-21(26)24-18(14-15-19(24)25)20(29-30(8,9)23(4,5)6)16-10-12-17(27-7)13-11-16/h10-15,18,20H,1-9H3/t18-,20+/m0/s1. The summed E-state index contributed by atoms with van der Waals surface area (Å²) in [5.74, 6) is 0.332. The van der Waals surface area contributed by atoms with Crippen molar-refractivity contribution in [1.82, 2.24) is 4.90 Å². The molecular weight excluding hydrogens is 398 g/mol. The number of amides is 2. The van der Waals surface area contributed by atoms with Gasteiger partial charge < -0.3 is 13.9 Å². The molecule has 0 saturated heterocycles. The van der Waals surface area contributed by atoms with Crippen molar-refractivity contribution < 1.29 is 23.5 Å². The normalized spacial score (nSPS) is 18.5. The molecule has 2 rings (SSSR count). The fourth-order valence-corrected chi connectivity index (χ4v) is 4.14. The quantitative estimate of drug-likeness (QED) is 0.577. The average Bonchev–Trinajstić information content (AvgIpc) is 2.99. The Morgan fingerprint density at radius 2 is 1.63 bits per heavy atom. The smallest absolute Gasteiger partial charge is 0.417 e. The van der Waals surface area contributed by atoms with Gasteiger partial charge in [0.1, 0.15) is 11.4 Å². The number of carbonyl (C=O) groups is 2. The lowest BCUT2D eigenvalue weighted by molar-refractivity contribution is -0.126. The van der Waals surface area contributed by atoms with E-state index in [4.69, 9.17) is 13.9 Å². The molecule has 2 atom stereocenters. The van der Waals surface area contributed by atoms with E-state index < -0.39 is 38.1 Å². The predicted octanol–water partition coefficient (Wildman–Crippen LogP) is 5.46. The van der Waals surface area contributed by atoms with Gasteiger partial charge in [0.15, 0.2) is 8.32 Å². The highest BCUT2D eigenvalue weighted by Gasteiger charge is 2.45. The van der Waals surface area contributed by atoms with E-state index in [0.717, 1.165) is 16.2 Å². The molecule has 1 aromatic rings. The van der Waals surface area contributed by atoms with Crippen molar-refractivity contribution in [3.8, 4) is 5.75 Å². The zero-order valence-electron chi connectivity index (χ0n) is 19.6. The van der Waals surface area contributed by atoms with E-state index in [1.54, 1.807) is 34.0 Å². The minimum Gasteiger partial charge on any atom is -0.497 e. The zero-order chi connectivity index (χ0) is 22.9. The molecule has 0 spiro atoms. The summed E-state index contributed by atoms with van der Waals surface area (Å²) >= 11 is 0. The molecule has 6 nitrogen and oxygen atoms in total. The molecule has 0 radical (unpaired) electrons. The summed E-state index contributed by atoms with van der Waals surface area (Å²) < 4.78 is 17.5. The Labute approximate surface area is 181 Å². The van der Waals surface area contributed by atoms with Gasteiger partial charge in [0.2, 0.25) is 0 Å². The highest BCUT2D eigenvalue weighted by molar-refractivity contribution is 6.74.